The summed E-state index contributed by atoms with van der Waals surface area (Å²) >= 11 is 7.79. The third kappa shape index (κ3) is 16.7. The lowest BCUT2D eigenvalue weighted by Crippen LogP contribution is -2.54. The van der Waals surface area contributed by atoms with Crippen LogP contribution in [0.4, 0.5) is 24.5 Å². The number of nitrogens with one attached hydrogen (secondary N) is 3. The Morgan fingerprint density at radius 2 is 1.46 bits per heavy atom. The Labute approximate surface area is 490 Å². The molecule has 3 N–H and O–H groups in total. The molecule has 0 aromatic heterocycles. The summed E-state index contributed by atoms with van der Waals surface area (Å²) in [5.74, 6) is -0.452. The van der Waals surface area contributed by atoms with Crippen molar-refractivity contribution in [3.8, 4) is 0 Å². The van der Waals surface area contributed by atoms with Crippen molar-refractivity contribution in [1.82, 2.24) is 34.5 Å². The van der Waals surface area contributed by atoms with E-state index in [1.807, 2.05) is 52.1 Å². The van der Waals surface area contributed by atoms with E-state index in [1.54, 1.807) is 12.1 Å². The van der Waals surface area contributed by atoms with Crippen LogP contribution in [0.1, 0.15) is 48.5 Å². The number of benzene rings is 4. The molecule has 0 spiro atoms. The van der Waals surface area contributed by atoms with Gasteiger partial charge in [-0.1, -0.05) is 54.4 Å². The maximum Gasteiger partial charge on any atom is 0.501 e. The topological polar surface area (TPSA) is 167 Å². The van der Waals surface area contributed by atoms with Gasteiger partial charge in [0.15, 0.2) is 0 Å². The molecule has 4 heterocycles. The lowest BCUT2D eigenvalue weighted by molar-refractivity contribution is -0.134. The van der Waals surface area contributed by atoms with Gasteiger partial charge in [-0.05, 0) is 109 Å². The van der Waals surface area contributed by atoms with Crippen LogP contribution in [-0.4, -0.2) is 201 Å². The number of hydrogen-bond acceptors (Lipinski definition) is 15. The predicted octanol–water partition coefficient (Wildman–Crippen LogP) is 7.28. The largest absolute Gasteiger partial charge is 0.501 e. The number of carbonyl (C=O) groups is 2. The van der Waals surface area contributed by atoms with Crippen molar-refractivity contribution in [2.75, 3.05) is 147 Å². The Kier molecular flexibility index (Phi) is 21.6. The zero-order chi connectivity index (χ0) is 56.5. The highest BCUT2D eigenvalue weighted by Crippen LogP contribution is 2.44. The molecule has 4 aliphatic heterocycles. The van der Waals surface area contributed by atoms with Crippen LogP contribution in [0, 0.1) is 5.41 Å². The summed E-state index contributed by atoms with van der Waals surface area (Å²) in [5, 5.41) is 7.06. The van der Waals surface area contributed by atoms with Crippen LogP contribution in [0.15, 0.2) is 117 Å². The number of sulfonamides is 1. The third-order valence-corrected chi connectivity index (χ3v) is 20.2. The van der Waals surface area contributed by atoms with Gasteiger partial charge < -0.3 is 25.2 Å². The molecule has 0 bridgehead atoms. The highest BCUT2D eigenvalue weighted by molar-refractivity contribution is 7.99. The van der Waals surface area contributed by atoms with Gasteiger partial charge in [0.25, 0.3) is 25.8 Å². The van der Waals surface area contributed by atoms with Crippen LogP contribution in [0.5, 0.6) is 0 Å². The number of piperazine rings is 3. The standard InChI is InChI=1S/C57H73ClF3N9O7S3.ClH/c1-56(42-68-27-31-70(32-28-68)54(71)40-66-23-20-62-21-24-66)19-17-51(43-7-11-46(58)12-8-43)45(38-56)39-67-25-29-69(30-26-67)48-13-9-44(10-14-48)55(72)64-80(75,76)50-15-16-52(53(37-50)79(73,74)57(59,60)61)63-47(18-22-65-33-35-77-36-34-65)41-78-49-5-3-2-4-6-49;/h2-16,37,47,62-63H,17-36,38-42H2,1H3,(H,64,72);1H/t47-,56?;/m1./s1. The zero-order valence-electron chi connectivity index (χ0n) is 45.7. The van der Waals surface area contributed by atoms with Crippen molar-refractivity contribution >= 4 is 84.4 Å². The zero-order valence-corrected chi connectivity index (χ0v) is 49.7. The van der Waals surface area contributed by atoms with Gasteiger partial charge in [-0.2, -0.15) is 13.2 Å². The summed E-state index contributed by atoms with van der Waals surface area (Å²) < 4.78 is 104. The number of ether oxygens (including phenoxy) is 1. The fourth-order valence-corrected chi connectivity index (χ4v) is 14.5. The average Bonchev–Trinajstić information content (AvgIpc) is 3.55. The number of morpholine rings is 1. The Morgan fingerprint density at radius 3 is 2.12 bits per heavy atom. The quantitative estimate of drug-likeness (QED) is 0.0755. The van der Waals surface area contributed by atoms with Gasteiger partial charge >= 0.3 is 5.51 Å². The molecule has 24 heteroatoms. The molecule has 2 amide bonds. The Bertz CT molecular complexity index is 3010. The molecule has 5 aliphatic rings. The number of allylic oxidation sites excluding steroid dienone is 1. The van der Waals surface area contributed by atoms with Crippen molar-refractivity contribution in [1.29, 1.82) is 0 Å². The van der Waals surface area contributed by atoms with Crippen LogP contribution in [0.25, 0.3) is 5.57 Å². The molecule has 9 rings (SSSR count). The van der Waals surface area contributed by atoms with Gasteiger partial charge in [0, 0.05) is 144 Å². The van der Waals surface area contributed by atoms with Crippen LogP contribution >= 0.6 is 35.8 Å². The number of hydrogen-bond donors (Lipinski definition) is 3. The van der Waals surface area contributed by atoms with Crippen molar-refractivity contribution < 1.29 is 44.3 Å². The molecular weight excluding hydrogens is 1150 g/mol. The van der Waals surface area contributed by atoms with E-state index in [0.717, 1.165) is 121 Å². The first-order valence-corrected chi connectivity index (χ1v) is 31.9. The van der Waals surface area contributed by atoms with E-state index in [1.165, 1.54) is 40.6 Å². The van der Waals surface area contributed by atoms with E-state index in [-0.39, 0.29) is 29.3 Å². The Balaban J connectivity index is 0.00000860. The Morgan fingerprint density at radius 1 is 0.790 bits per heavy atom. The normalized spacial score (nSPS) is 20.9. The van der Waals surface area contributed by atoms with E-state index >= 15 is 0 Å². The highest BCUT2D eigenvalue weighted by atomic mass is 35.5. The maximum atomic E-state index is 14.3. The lowest BCUT2D eigenvalue weighted by atomic mass is 9.71. The van der Waals surface area contributed by atoms with E-state index in [2.05, 4.69) is 54.2 Å². The monoisotopic (exact) mass is 1220 g/mol. The van der Waals surface area contributed by atoms with Gasteiger partial charge in [-0.3, -0.25) is 29.2 Å². The SMILES string of the molecule is CC1(CN2CCN(C(=O)CN3CCNCC3)CC2)CCC(c2ccc(Cl)cc2)=C(CN2CCN(c3ccc(C(=O)NS(=O)(=O)c4ccc(N[C@H](CCN5CCOCC5)CSc5ccccc5)c(S(=O)(=O)C(F)(F)F)c4)cc3)CC2)C1.Cl. The third-order valence-electron chi connectivity index (χ3n) is 16.0. The number of sulfone groups is 1. The summed E-state index contributed by atoms with van der Waals surface area (Å²) in [5.41, 5.74) is -1.30. The van der Waals surface area contributed by atoms with E-state index < -0.39 is 52.8 Å². The average molecular weight is 1220 g/mol. The molecular formula is C57H74Cl2F3N9O7S3. The smallest absolute Gasteiger partial charge is 0.380 e. The van der Waals surface area contributed by atoms with Gasteiger partial charge in [0.2, 0.25) is 5.91 Å². The van der Waals surface area contributed by atoms with E-state index in [9.17, 15) is 39.6 Å². The van der Waals surface area contributed by atoms with Crippen LogP contribution in [0.3, 0.4) is 0 Å². The lowest BCUT2D eigenvalue weighted by Gasteiger charge is -2.44. The number of rotatable bonds is 20. The molecule has 81 heavy (non-hydrogen) atoms. The fourth-order valence-electron chi connectivity index (χ4n) is 11.4. The van der Waals surface area contributed by atoms with Gasteiger partial charge in [-0.15, -0.1) is 24.2 Å². The second-order valence-electron chi connectivity index (χ2n) is 21.8. The van der Waals surface area contributed by atoms with Crippen molar-refractivity contribution in [2.24, 2.45) is 5.41 Å². The second kappa shape index (κ2) is 28.0. The summed E-state index contributed by atoms with van der Waals surface area (Å²) in [7, 11) is -11.0. The maximum absolute atomic E-state index is 14.3. The first-order valence-electron chi connectivity index (χ1n) is 27.6. The van der Waals surface area contributed by atoms with Crippen LogP contribution in [-0.2, 0) is 29.4 Å². The number of alkyl halides is 3. The van der Waals surface area contributed by atoms with Crippen molar-refractivity contribution in [3.05, 3.63) is 119 Å². The van der Waals surface area contributed by atoms with Gasteiger partial charge in [0.1, 0.15) is 4.90 Å². The van der Waals surface area contributed by atoms with Crippen LogP contribution in [0.2, 0.25) is 5.02 Å². The minimum Gasteiger partial charge on any atom is -0.380 e. The molecule has 1 aliphatic carbocycles. The first-order chi connectivity index (χ1) is 38.3. The number of amides is 2. The molecule has 4 fully saturated rings. The highest BCUT2D eigenvalue weighted by Gasteiger charge is 2.49. The molecule has 0 saturated carbocycles. The molecule has 1 unspecified atom stereocenters. The second-order valence-corrected chi connectivity index (χ2v) is 26.9. The molecule has 4 saturated heterocycles. The number of carbonyl (C=O) groups excluding carboxylic acids is 2. The summed E-state index contributed by atoms with van der Waals surface area (Å²) in [6, 6.07) is 25.9. The van der Waals surface area contributed by atoms with Gasteiger partial charge in [-0.25, -0.2) is 21.6 Å². The minimum atomic E-state index is -6.08. The molecule has 4 aromatic rings. The number of nitrogens with zero attached hydrogens (tertiary/aromatic N) is 6. The number of halogens is 5. The molecule has 442 valence electrons. The van der Waals surface area contributed by atoms with Crippen molar-refractivity contribution in [2.45, 2.75) is 58.8 Å². The number of anilines is 2. The van der Waals surface area contributed by atoms with Gasteiger partial charge in [0.05, 0.1) is 30.3 Å². The number of thioether (sulfide) groups is 1. The summed E-state index contributed by atoms with van der Waals surface area (Å²) in [6.07, 6.45) is 3.39. The molecule has 16 nitrogen and oxygen atoms in total. The fraction of sp³-hybridized carbons (Fsp3) is 0.509. The van der Waals surface area contributed by atoms with Crippen molar-refractivity contribution in [3.63, 3.8) is 0 Å². The summed E-state index contributed by atoms with van der Waals surface area (Å²) in [6.45, 7) is 17.5. The van der Waals surface area contributed by atoms with E-state index in [0.29, 0.717) is 75.7 Å². The first kappa shape index (κ1) is 62.6. The minimum absolute atomic E-state index is 0. The predicted molar refractivity (Wildman–Crippen MR) is 316 cm³/mol. The van der Waals surface area contributed by atoms with E-state index in [4.69, 9.17) is 16.3 Å². The molecule has 2 atom stereocenters. The molecule has 0 radical (unpaired) electrons. The van der Waals surface area contributed by atoms with Crippen LogP contribution < -0.4 is 20.3 Å². The molecule has 4 aromatic carbocycles. The summed E-state index contributed by atoms with van der Waals surface area (Å²) in [4.78, 5) is 39.2. The Hall–Kier alpha value is -4.46.